The zero-order valence-corrected chi connectivity index (χ0v) is 11.6. The van der Waals surface area contributed by atoms with Gasteiger partial charge in [-0.3, -0.25) is 4.79 Å². The summed E-state index contributed by atoms with van der Waals surface area (Å²) >= 11 is 2.41. The number of carbonyl (C=O) groups is 1. The van der Waals surface area contributed by atoms with Gasteiger partial charge in [-0.15, -0.1) is 0 Å². The molecule has 1 aliphatic carbocycles. The van der Waals surface area contributed by atoms with Crippen molar-refractivity contribution in [2.24, 2.45) is 5.92 Å². The Morgan fingerprint density at radius 1 is 1.13 bits per heavy atom. The van der Waals surface area contributed by atoms with E-state index in [9.17, 15) is 4.79 Å². The van der Waals surface area contributed by atoms with E-state index in [2.05, 4.69) is 27.9 Å². The fourth-order valence-corrected chi connectivity index (χ4v) is 2.66. The van der Waals surface area contributed by atoms with Crippen molar-refractivity contribution in [3.8, 4) is 0 Å². The summed E-state index contributed by atoms with van der Waals surface area (Å²) in [5.41, 5.74) is 0. The molecule has 0 bridgehead atoms. The van der Waals surface area contributed by atoms with E-state index in [-0.39, 0.29) is 0 Å². The van der Waals surface area contributed by atoms with Gasteiger partial charge < -0.3 is 5.32 Å². The Morgan fingerprint density at radius 2 is 1.80 bits per heavy atom. The molecular weight excluding hydrogens is 301 g/mol. The Bertz CT molecular complexity index is 178. The summed E-state index contributed by atoms with van der Waals surface area (Å²) in [4.78, 5) is 11.6. The molecule has 0 aromatic carbocycles. The maximum absolute atomic E-state index is 11.6. The van der Waals surface area contributed by atoms with E-state index in [1.165, 1.54) is 36.5 Å². The SMILES string of the molecule is O=C(NCCCCCCI)C1CCCC1. The molecule has 0 unspecified atom stereocenters. The van der Waals surface area contributed by atoms with Crippen LogP contribution in [0.4, 0.5) is 0 Å². The maximum atomic E-state index is 11.6. The highest BCUT2D eigenvalue weighted by Gasteiger charge is 2.21. The lowest BCUT2D eigenvalue weighted by Crippen LogP contribution is -2.30. The summed E-state index contributed by atoms with van der Waals surface area (Å²) in [5, 5.41) is 3.06. The maximum Gasteiger partial charge on any atom is 0.223 e. The van der Waals surface area contributed by atoms with E-state index in [0.717, 1.165) is 25.8 Å². The zero-order chi connectivity index (χ0) is 10.9. The normalized spacial score (nSPS) is 16.9. The van der Waals surface area contributed by atoms with Crippen molar-refractivity contribution in [3.63, 3.8) is 0 Å². The van der Waals surface area contributed by atoms with Crippen molar-refractivity contribution < 1.29 is 4.79 Å². The fourth-order valence-electron chi connectivity index (χ4n) is 2.12. The Balaban J connectivity index is 1.92. The van der Waals surface area contributed by atoms with Gasteiger partial charge in [0, 0.05) is 12.5 Å². The largest absolute Gasteiger partial charge is 0.356 e. The predicted octanol–water partition coefficient (Wildman–Crippen LogP) is 3.29. The van der Waals surface area contributed by atoms with Crippen molar-refractivity contribution in [1.29, 1.82) is 0 Å². The van der Waals surface area contributed by atoms with E-state index < -0.39 is 0 Å². The molecule has 15 heavy (non-hydrogen) atoms. The first kappa shape index (κ1) is 13.3. The summed E-state index contributed by atoms with van der Waals surface area (Å²) in [7, 11) is 0. The number of carbonyl (C=O) groups excluding carboxylic acids is 1. The van der Waals surface area contributed by atoms with Crippen LogP contribution in [0.5, 0.6) is 0 Å². The van der Waals surface area contributed by atoms with Crippen LogP contribution in [0.2, 0.25) is 0 Å². The van der Waals surface area contributed by atoms with Crippen molar-refractivity contribution in [2.75, 3.05) is 11.0 Å². The van der Waals surface area contributed by atoms with Crippen LogP contribution in [0.1, 0.15) is 51.4 Å². The number of rotatable bonds is 7. The molecular formula is C12H22INO. The quantitative estimate of drug-likeness (QED) is 0.435. The van der Waals surface area contributed by atoms with Crippen molar-refractivity contribution in [2.45, 2.75) is 51.4 Å². The molecule has 0 spiro atoms. The van der Waals surface area contributed by atoms with Gasteiger partial charge in [0.05, 0.1) is 0 Å². The highest BCUT2D eigenvalue weighted by molar-refractivity contribution is 14.1. The molecule has 0 heterocycles. The minimum Gasteiger partial charge on any atom is -0.356 e. The van der Waals surface area contributed by atoms with Gasteiger partial charge in [0.2, 0.25) is 5.91 Å². The van der Waals surface area contributed by atoms with Gasteiger partial charge >= 0.3 is 0 Å². The molecule has 1 N–H and O–H groups in total. The number of alkyl halides is 1. The number of hydrogen-bond acceptors (Lipinski definition) is 1. The minimum absolute atomic E-state index is 0.307. The second kappa shape index (κ2) is 8.36. The highest BCUT2D eigenvalue weighted by Crippen LogP contribution is 2.24. The molecule has 0 radical (unpaired) electrons. The molecule has 0 aromatic heterocycles. The van der Waals surface area contributed by atoms with E-state index in [4.69, 9.17) is 0 Å². The van der Waals surface area contributed by atoms with Crippen LogP contribution in [0, 0.1) is 5.92 Å². The number of amides is 1. The topological polar surface area (TPSA) is 29.1 Å². The Kier molecular flexibility index (Phi) is 7.40. The van der Waals surface area contributed by atoms with Crippen LogP contribution >= 0.6 is 22.6 Å². The summed E-state index contributed by atoms with van der Waals surface area (Å²) < 4.78 is 1.26. The molecule has 1 rings (SSSR count). The van der Waals surface area contributed by atoms with Gasteiger partial charge in [-0.05, 0) is 30.1 Å². The number of halogens is 1. The molecule has 1 amide bonds. The fraction of sp³-hybridized carbons (Fsp3) is 0.917. The molecule has 0 aliphatic heterocycles. The van der Waals surface area contributed by atoms with E-state index in [1.807, 2.05) is 0 Å². The zero-order valence-electron chi connectivity index (χ0n) is 9.43. The first-order valence-electron chi connectivity index (χ1n) is 6.18. The molecule has 1 fully saturated rings. The van der Waals surface area contributed by atoms with Crippen LogP contribution in [0.15, 0.2) is 0 Å². The van der Waals surface area contributed by atoms with Crippen LogP contribution in [0.3, 0.4) is 0 Å². The van der Waals surface area contributed by atoms with E-state index in [0.29, 0.717) is 11.8 Å². The van der Waals surface area contributed by atoms with Gasteiger partial charge in [-0.1, -0.05) is 48.3 Å². The lowest BCUT2D eigenvalue weighted by molar-refractivity contribution is -0.124. The third-order valence-electron chi connectivity index (χ3n) is 3.09. The second-order valence-electron chi connectivity index (χ2n) is 4.38. The smallest absolute Gasteiger partial charge is 0.223 e. The first-order valence-corrected chi connectivity index (χ1v) is 7.71. The Hall–Kier alpha value is 0.200. The average Bonchev–Trinajstić information content (AvgIpc) is 2.76. The lowest BCUT2D eigenvalue weighted by Gasteiger charge is -2.09. The summed E-state index contributed by atoms with van der Waals surface area (Å²) in [6.07, 6.45) is 9.74. The van der Waals surface area contributed by atoms with Crippen molar-refractivity contribution in [1.82, 2.24) is 5.32 Å². The number of unbranched alkanes of at least 4 members (excludes halogenated alkanes) is 3. The molecule has 0 atom stereocenters. The summed E-state index contributed by atoms with van der Waals surface area (Å²) in [5.74, 6) is 0.640. The highest BCUT2D eigenvalue weighted by atomic mass is 127. The molecule has 0 saturated heterocycles. The van der Waals surface area contributed by atoms with Crippen molar-refractivity contribution >= 4 is 28.5 Å². The Labute approximate surface area is 107 Å². The van der Waals surface area contributed by atoms with Crippen LogP contribution in [0.25, 0.3) is 0 Å². The average molecular weight is 323 g/mol. The van der Waals surface area contributed by atoms with E-state index in [1.54, 1.807) is 0 Å². The van der Waals surface area contributed by atoms with Crippen molar-refractivity contribution in [3.05, 3.63) is 0 Å². The second-order valence-corrected chi connectivity index (χ2v) is 5.45. The van der Waals surface area contributed by atoms with Gasteiger partial charge in [0.25, 0.3) is 0 Å². The molecule has 0 aromatic rings. The summed E-state index contributed by atoms with van der Waals surface area (Å²) in [6, 6.07) is 0. The number of nitrogens with one attached hydrogen (secondary N) is 1. The molecule has 1 saturated carbocycles. The molecule has 1 aliphatic rings. The third-order valence-corrected chi connectivity index (χ3v) is 3.85. The van der Waals surface area contributed by atoms with Crippen LogP contribution in [-0.2, 0) is 4.79 Å². The van der Waals surface area contributed by atoms with Gasteiger partial charge in [-0.2, -0.15) is 0 Å². The van der Waals surface area contributed by atoms with Gasteiger partial charge in [-0.25, -0.2) is 0 Å². The minimum atomic E-state index is 0.307. The summed E-state index contributed by atoms with van der Waals surface area (Å²) in [6.45, 7) is 0.885. The standard InChI is InChI=1S/C12H22INO/c13-9-5-1-2-6-10-14-12(15)11-7-3-4-8-11/h11H,1-10H2,(H,14,15). The Morgan fingerprint density at radius 3 is 2.47 bits per heavy atom. The molecule has 88 valence electrons. The lowest BCUT2D eigenvalue weighted by atomic mass is 10.1. The monoisotopic (exact) mass is 323 g/mol. The first-order chi connectivity index (χ1) is 7.34. The third kappa shape index (κ3) is 5.73. The van der Waals surface area contributed by atoms with Gasteiger partial charge in [0.1, 0.15) is 0 Å². The van der Waals surface area contributed by atoms with E-state index >= 15 is 0 Å². The number of hydrogen-bond donors (Lipinski definition) is 1. The van der Waals surface area contributed by atoms with Crippen LogP contribution < -0.4 is 5.32 Å². The molecule has 3 heteroatoms. The van der Waals surface area contributed by atoms with Gasteiger partial charge in [0.15, 0.2) is 0 Å². The van der Waals surface area contributed by atoms with Crippen LogP contribution in [-0.4, -0.2) is 16.9 Å². The molecule has 2 nitrogen and oxygen atoms in total. The predicted molar refractivity (Wildman–Crippen MR) is 72.3 cm³/mol.